The molecule has 0 aliphatic heterocycles. The average molecular weight is 384 g/mol. The van der Waals surface area contributed by atoms with Crippen molar-refractivity contribution in [3.05, 3.63) is 62.8 Å². The maximum atomic E-state index is 4.39. The highest BCUT2D eigenvalue weighted by Gasteiger charge is 2.06. The van der Waals surface area contributed by atoms with Crippen molar-refractivity contribution in [2.24, 2.45) is 0 Å². The number of hydrogen-bond acceptors (Lipinski definition) is 2. The Balaban J connectivity index is 1.86. The minimum atomic E-state index is 0.496. The van der Waals surface area contributed by atoms with Gasteiger partial charge < -0.3 is 5.32 Å². The zero-order valence-electron chi connectivity index (χ0n) is 10.7. The van der Waals surface area contributed by atoms with Gasteiger partial charge in [-0.3, -0.25) is 4.98 Å². The highest BCUT2D eigenvalue weighted by molar-refractivity contribution is 9.11. The Bertz CT molecular complexity index is 529. The molecule has 19 heavy (non-hydrogen) atoms. The van der Waals surface area contributed by atoms with Crippen molar-refractivity contribution < 1.29 is 0 Å². The summed E-state index contributed by atoms with van der Waals surface area (Å²) in [6.45, 7) is 3.94. The third kappa shape index (κ3) is 4.41. The summed E-state index contributed by atoms with van der Waals surface area (Å²) in [5.74, 6) is 0.496. The first-order chi connectivity index (χ1) is 9.16. The van der Waals surface area contributed by atoms with Crippen LogP contribution < -0.4 is 5.32 Å². The van der Waals surface area contributed by atoms with Gasteiger partial charge in [-0.1, -0.05) is 37.3 Å². The predicted molar refractivity (Wildman–Crippen MR) is 86.2 cm³/mol. The van der Waals surface area contributed by atoms with Crippen molar-refractivity contribution in [1.82, 2.24) is 10.3 Å². The lowest BCUT2D eigenvalue weighted by molar-refractivity contribution is 0.607. The van der Waals surface area contributed by atoms with Gasteiger partial charge in [-0.05, 0) is 49.4 Å². The van der Waals surface area contributed by atoms with Crippen LogP contribution in [0.4, 0.5) is 0 Å². The third-order valence-electron chi connectivity index (χ3n) is 3.00. The first-order valence-corrected chi connectivity index (χ1v) is 7.81. The zero-order chi connectivity index (χ0) is 13.7. The van der Waals surface area contributed by atoms with E-state index in [0.29, 0.717) is 5.92 Å². The fourth-order valence-corrected chi connectivity index (χ4v) is 3.01. The van der Waals surface area contributed by atoms with Gasteiger partial charge in [-0.25, -0.2) is 0 Å². The average Bonchev–Trinajstić information content (AvgIpc) is 2.42. The molecule has 2 nitrogen and oxygen atoms in total. The Morgan fingerprint density at radius 3 is 2.63 bits per heavy atom. The molecule has 0 saturated carbocycles. The number of halogens is 2. The molecule has 1 heterocycles. The van der Waals surface area contributed by atoms with Crippen LogP contribution in [0.25, 0.3) is 0 Å². The first-order valence-electron chi connectivity index (χ1n) is 6.22. The maximum absolute atomic E-state index is 4.39. The largest absolute Gasteiger partial charge is 0.311 e. The molecule has 0 saturated heterocycles. The van der Waals surface area contributed by atoms with Crippen LogP contribution >= 0.6 is 31.9 Å². The van der Waals surface area contributed by atoms with Gasteiger partial charge in [0.2, 0.25) is 0 Å². The summed E-state index contributed by atoms with van der Waals surface area (Å²) in [5.41, 5.74) is 2.39. The van der Waals surface area contributed by atoms with Gasteiger partial charge in [0.1, 0.15) is 0 Å². The molecule has 1 N–H and O–H groups in total. The number of rotatable bonds is 5. The number of nitrogens with zero attached hydrogens (tertiary/aromatic N) is 1. The van der Waals surface area contributed by atoms with Crippen LogP contribution in [0.15, 0.2) is 51.5 Å². The van der Waals surface area contributed by atoms with Gasteiger partial charge >= 0.3 is 0 Å². The van der Waals surface area contributed by atoms with Gasteiger partial charge in [0.15, 0.2) is 0 Å². The molecular weight excluding hydrogens is 368 g/mol. The molecular formula is C15H16Br2N2. The molecule has 0 aliphatic carbocycles. The fourth-order valence-electron chi connectivity index (χ4n) is 1.88. The SMILES string of the molecule is CC(CNCc1ncc(Br)cc1Br)c1ccccc1. The van der Waals surface area contributed by atoms with E-state index in [9.17, 15) is 0 Å². The molecule has 0 radical (unpaired) electrons. The van der Waals surface area contributed by atoms with E-state index in [1.807, 2.05) is 18.3 Å². The number of aromatic nitrogens is 1. The Morgan fingerprint density at radius 2 is 1.95 bits per heavy atom. The minimum Gasteiger partial charge on any atom is -0.311 e. The summed E-state index contributed by atoms with van der Waals surface area (Å²) in [6, 6.07) is 12.6. The number of pyridine rings is 1. The highest BCUT2D eigenvalue weighted by atomic mass is 79.9. The van der Waals surface area contributed by atoms with E-state index in [2.05, 4.69) is 73.3 Å². The van der Waals surface area contributed by atoms with Crippen LogP contribution in [-0.4, -0.2) is 11.5 Å². The first kappa shape index (κ1) is 14.7. The lowest BCUT2D eigenvalue weighted by Crippen LogP contribution is -2.20. The van der Waals surface area contributed by atoms with E-state index in [4.69, 9.17) is 0 Å². The summed E-state index contributed by atoms with van der Waals surface area (Å²) < 4.78 is 2.02. The van der Waals surface area contributed by atoms with Gasteiger partial charge in [0, 0.05) is 28.2 Å². The second-order valence-electron chi connectivity index (χ2n) is 4.52. The molecule has 0 aliphatic rings. The van der Waals surface area contributed by atoms with Crippen LogP contribution in [0, 0.1) is 0 Å². The summed E-state index contributed by atoms with van der Waals surface area (Å²) in [7, 11) is 0. The fraction of sp³-hybridized carbons (Fsp3) is 0.267. The molecule has 0 bridgehead atoms. The zero-order valence-corrected chi connectivity index (χ0v) is 13.9. The molecule has 1 atom stereocenters. The highest BCUT2D eigenvalue weighted by Crippen LogP contribution is 2.19. The standard InChI is InChI=1S/C15H16Br2N2/c1-11(12-5-3-2-4-6-12)8-18-10-15-14(17)7-13(16)9-19-15/h2-7,9,11,18H,8,10H2,1H3. The quantitative estimate of drug-likeness (QED) is 0.822. The van der Waals surface area contributed by atoms with Gasteiger partial charge in [-0.15, -0.1) is 0 Å². The number of nitrogens with one attached hydrogen (secondary N) is 1. The molecule has 0 fully saturated rings. The third-order valence-corrected chi connectivity index (χ3v) is 4.12. The van der Waals surface area contributed by atoms with Crippen LogP contribution in [0.2, 0.25) is 0 Å². The second-order valence-corrected chi connectivity index (χ2v) is 6.29. The lowest BCUT2D eigenvalue weighted by atomic mass is 10.0. The van der Waals surface area contributed by atoms with Crippen LogP contribution in [0.1, 0.15) is 24.1 Å². The molecule has 2 rings (SSSR count). The number of hydrogen-bond donors (Lipinski definition) is 1. The minimum absolute atomic E-state index is 0.496. The summed E-state index contributed by atoms with van der Waals surface area (Å²) >= 11 is 6.93. The summed E-state index contributed by atoms with van der Waals surface area (Å²) in [5, 5.41) is 3.45. The van der Waals surface area contributed by atoms with Crippen molar-refractivity contribution in [3.63, 3.8) is 0 Å². The second kappa shape index (κ2) is 7.17. The molecule has 100 valence electrons. The monoisotopic (exact) mass is 382 g/mol. The molecule has 1 unspecified atom stereocenters. The van der Waals surface area contributed by atoms with Crippen molar-refractivity contribution in [3.8, 4) is 0 Å². The molecule has 0 amide bonds. The Hall–Kier alpha value is -0.710. The molecule has 1 aromatic carbocycles. The van der Waals surface area contributed by atoms with Crippen LogP contribution in [-0.2, 0) is 6.54 Å². The van der Waals surface area contributed by atoms with Crippen LogP contribution in [0.3, 0.4) is 0 Å². The van der Waals surface area contributed by atoms with Gasteiger partial charge in [0.25, 0.3) is 0 Å². The van der Waals surface area contributed by atoms with Crippen molar-refractivity contribution in [2.45, 2.75) is 19.4 Å². The topological polar surface area (TPSA) is 24.9 Å². The lowest BCUT2D eigenvalue weighted by Gasteiger charge is -2.13. The summed E-state index contributed by atoms with van der Waals surface area (Å²) in [4.78, 5) is 4.39. The van der Waals surface area contributed by atoms with E-state index in [1.54, 1.807) is 0 Å². The maximum Gasteiger partial charge on any atom is 0.0684 e. The molecule has 2 aromatic rings. The Kier molecular flexibility index (Phi) is 5.55. The smallest absolute Gasteiger partial charge is 0.0684 e. The van der Waals surface area contributed by atoms with Crippen molar-refractivity contribution in [2.75, 3.05) is 6.54 Å². The Labute approximate surface area is 130 Å². The van der Waals surface area contributed by atoms with E-state index < -0.39 is 0 Å². The van der Waals surface area contributed by atoms with E-state index in [0.717, 1.165) is 27.7 Å². The predicted octanol–water partition coefficient (Wildman–Crippen LogP) is 4.50. The van der Waals surface area contributed by atoms with Crippen molar-refractivity contribution in [1.29, 1.82) is 0 Å². The Morgan fingerprint density at radius 1 is 1.21 bits per heavy atom. The van der Waals surface area contributed by atoms with Gasteiger partial charge in [-0.2, -0.15) is 0 Å². The molecule has 4 heteroatoms. The van der Waals surface area contributed by atoms with E-state index >= 15 is 0 Å². The van der Waals surface area contributed by atoms with Crippen molar-refractivity contribution >= 4 is 31.9 Å². The molecule has 1 aromatic heterocycles. The summed E-state index contributed by atoms with van der Waals surface area (Å²) in [6.07, 6.45) is 1.82. The molecule has 0 spiro atoms. The number of benzene rings is 1. The van der Waals surface area contributed by atoms with E-state index in [1.165, 1.54) is 5.56 Å². The normalized spacial score (nSPS) is 12.4. The van der Waals surface area contributed by atoms with Crippen LogP contribution in [0.5, 0.6) is 0 Å². The van der Waals surface area contributed by atoms with Gasteiger partial charge in [0.05, 0.1) is 5.69 Å². The van der Waals surface area contributed by atoms with E-state index in [-0.39, 0.29) is 0 Å².